The van der Waals surface area contributed by atoms with Crippen LogP contribution in [0.25, 0.3) is 11.4 Å². The third-order valence-corrected chi connectivity index (χ3v) is 3.04. The summed E-state index contributed by atoms with van der Waals surface area (Å²) in [6, 6.07) is 2.14. The molecular formula is C12H10FN5O2. The molecule has 0 aromatic carbocycles. The summed E-state index contributed by atoms with van der Waals surface area (Å²) in [6.07, 6.45) is 3.48. The van der Waals surface area contributed by atoms with Crippen molar-refractivity contribution in [3.8, 4) is 11.4 Å². The molecule has 0 saturated carbocycles. The molecule has 0 aliphatic carbocycles. The van der Waals surface area contributed by atoms with Crippen LogP contribution in [0.4, 0.5) is 4.39 Å². The topological polar surface area (TPSA) is 89.8 Å². The third kappa shape index (κ3) is 2.15. The van der Waals surface area contributed by atoms with Crippen LogP contribution in [0.5, 0.6) is 0 Å². The van der Waals surface area contributed by atoms with E-state index in [2.05, 4.69) is 20.6 Å². The van der Waals surface area contributed by atoms with Crippen molar-refractivity contribution in [2.24, 2.45) is 0 Å². The smallest absolute Gasteiger partial charge is 0.251 e. The number of carbonyl (C=O) groups is 2. The van der Waals surface area contributed by atoms with Crippen LogP contribution in [0.1, 0.15) is 18.9 Å². The number of halogens is 1. The largest absolute Gasteiger partial charge is 0.295 e. The van der Waals surface area contributed by atoms with Crippen LogP contribution < -0.4 is 5.32 Å². The fourth-order valence-corrected chi connectivity index (χ4v) is 2.05. The number of hydrogen-bond donors (Lipinski definition) is 1. The average Bonchev–Trinajstić information content (AvgIpc) is 2.88. The predicted molar refractivity (Wildman–Crippen MR) is 64.6 cm³/mol. The van der Waals surface area contributed by atoms with Gasteiger partial charge in [-0.3, -0.25) is 19.9 Å². The van der Waals surface area contributed by atoms with Gasteiger partial charge in [0.2, 0.25) is 5.91 Å². The Morgan fingerprint density at radius 3 is 3.00 bits per heavy atom. The number of aromatic nitrogens is 4. The lowest BCUT2D eigenvalue weighted by atomic mass is 10.1. The summed E-state index contributed by atoms with van der Waals surface area (Å²) in [6.45, 7) is 0. The zero-order valence-electron chi connectivity index (χ0n) is 10.3. The van der Waals surface area contributed by atoms with Gasteiger partial charge in [0.05, 0.1) is 6.20 Å². The minimum Gasteiger partial charge on any atom is -0.295 e. The highest BCUT2D eigenvalue weighted by Gasteiger charge is 2.29. The lowest BCUT2D eigenvalue weighted by Gasteiger charge is -2.20. The van der Waals surface area contributed by atoms with E-state index >= 15 is 0 Å². The molecule has 2 aromatic rings. The molecule has 0 radical (unpaired) electrons. The molecule has 102 valence electrons. The van der Waals surface area contributed by atoms with Gasteiger partial charge in [0.1, 0.15) is 17.4 Å². The van der Waals surface area contributed by atoms with Crippen molar-refractivity contribution in [1.82, 2.24) is 25.3 Å². The maximum Gasteiger partial charge on any atom is 0.251 e. The van der Waals surface area contributed by atoms with E-state index in [1.165, 1.54) is 29.2 Å². The summed E-state index contributed by atoms with van der Waals surface area (Å²) in [5, 5.41) is 9.87. The first-order chi connectivity index (χ1) is 9.65. The van der Waals surface area contributed by atoms with Gasteiger partial charge in [-0.2, -0.15) is 0 Å². The third-order valence-electron chi connectivity index (χ3n) is 3.04. The lowest BCUT2D eigenvalue weighted by Crippen LogP contribution is -2.41. The van der Waals surface area contributed by atoms with Gasteiger partial charge in [-0.15, -0.1) is 5.10 Å². The van der Waals surface area contributed by atoms with Crippen molar-refractivity contribution in [3.63, 3.8) is 0 Å². The van der Waals surface area contributed by atoms with Gasteiger partial charge >= 0.3 is 0 Å². The molecule has 3 rings (SSSR count). The molecule has 1 N–H and O–H groups in total. The summed E-state index contributed by atoms with van der Waals surface area (Å²) in [5.41, 5.74) is 0.318. The van der Waals surface area contributed by atoms with Crippen LogP contribution in [0.15, 0.2) is 24.5 Å². The highest BCUT2D eigenvalue weighted by molar-refractivity contribution is 5.99. The number of hydrogen-bond acceptors (Lipinski definition) is 5. The maximum atomic E-state index is 13.6. The van der Waals surface area contributed by atoms with Gasteiger partial charge in [-0.05, 0) is 18.6 Å². The molecule has 3 heterocycles. The van der Waals surface area contributed by atoms with E-state index in [9.17, 15) is 14.0 Å². The molecular weight excluding hydrogens is 265 g/mol. The zero-order chi connectivity index (χ0) is 14.1. The molecule has 2 amide bonds. The maximum absolute atomic E-state index is 13.6. The molecule has 7 nitrogen and oxygen atoms in total. The first-order valence-corrected chi connectivity index (χ1v) is 6.01. The Bertz CT molecular complexity index is 684. The van der Waals surface area contributed by atoms with E-state index in [0.717, 1.165) is 0 Å². The van der Waals surface area contributed by atoms with E-state index in [1.54, 1.807) is 0 Å². The van der Waals surface area contributed by atoms with Crippen LogP contribution in [-0.2, 0) is 9.59 Å². The second-order valence-corrected chi connectivity index (χ2v) is 4.38. The molecule has 1 fully saturated rings. The van der Waals surface area contributed by atoms with E-state index in [0.29, 0.717) is 6.42 Å². The highest BCUT2D eigenvalue weighted by atomic mass is 19.1. The van der Waals surface area contributed by atoms with Crippen molar-refractivity contribution in [2.75, 3.05) is 0 Å². The summed E-state index contributed by atoms with van der Waals surface area (Å²) in [5.74, 6) is -1.25. The Balaban J connectivity index is 1.89. The Labute approximate surface area is 112 Å². The van der Waals surface area contributed by atoms with E-state index in [1.807, 2.05) is 0 Å². The molecule has 1 aliphatic heterocycles. The van der Waals surface area contributed by atoms with Gasteiger partial charge in [0.15, 0.2) is 5.82 Å². The highest BCUT2D eigenvalue weighted by Crippen LogP contribution is 2.21. The SMILES string of the molecule is O=C1CCC(n2cc(-c3ncccc3F)nn2)C(=O)N1. The molecule has 0 spiro atoms. The van der Waals surface area contributed by atoms with E-state index < -0.39 is 17.8 Å². The van der Waals surface area contributed by atoms with Crippen LogP contribution in [-0.4, -0.2) is 31.8 Å². The second kappa shape index (κ2) is 4.80. The molecule has 0 bridgehead atoms. The summed E-state index contributed by atoms with van der Waals surface area (Å²) >= 11 is 0. The van der Waals surface area contributed by atoms with Crippen LogP contribution in [0.2, 0.25) is 0 Å². The Morgan fingerprint density at radius 1 is 1.40 bits per heavy atom. The van der Waals surface area contributed by atoms with Gasteiger partial charge < -0.3 is 0 Å². The number of imide groups is 1. The molecule has 2 aromatic heterocycles. The Hall–Kier alpha value is -2.64. The molecule has 1 saturated heterocycles. The van der Waals surface area contributed by atoms with Crippen molar-refractivity contribution in [3.05, 3.63) is 30.3 Å². The monoisotopic (exact) mass is 275 g/mol. The Kier molecular flexibility index (Phi) is 2.97. The minimum absolute atomic E-state index is 0.0750. The standard InChI is InChI=1S/C12H10FN5O2/c13-7-2-1-5-14-11(7)8-6-18(17-16-8)9-3-4-10(19)15-12(9)20/h1-2,5-6,9H,3-4H2,(H,15,19,20). The number of nitrogens with zero attached hydrogens (tertiary/aromatic N) is 4. The fourth-order valence-electron chi connectivity index (χ4n) is 2.05. The molecule has 1 unspecified atom stereocenters. The summed E-state index contributed by atoms with van der Waals surface area (Å²) in [4.78, 5) is 26.7. The van der Waals surface area contributed by atoms with Crippen LogP contribution in [0, 0.1) is 5.82 Å². The van der Waals surface area contributed by atoms with Gasteiger partial charge in [0.25, 0.3) is 5.91 Å². The zero-order valence-corrected chi connectivity index (χ0v) is 10.3. The van der Waals surface area contributed by atoms with Crippen molar-refractivity contribution < 1.29 is 14.0 Å². The van der Waals surface area contributed by atoms with Crippen molar-refractivity contribution in [2.45, 2.75) is 18.9 Å². The first kappa shape index (κ1) is 12.4. The van der Waals surface area contributed by atoms with Gasteiger partial charge in [-0.25, -0.2) is 9.07 Å². The average molecular weight is 275 g/mol. The van der Waals surface area contributed by atoms with E-state index in [-0.39, 0.29) is 23.7 Å². The van der Waals surface area contributed by atoms with Crippen LogP contribution in [0.3, 0.4) is 0 Å². The van der Waals surface area contributed by atoms with E-state index in [4.69, 9.17) is 0 Å². The quantitative estimate of drug-likeness (QED) is 0.804. The normalized spacial score (nSPS) is 18.9. The number of nitrogens with one attached hydrogen (secondary N) is 1. The fraction of sp³-hybridized carbons (Fsp3) is 0.250. The minimum atomic E-state index is -0.610. The van der Waals surface area contributed by atoms with Crippen molar-refractivity contribution >= 4 is 11.8 Å². The summed E-state index contributed by atoms with van der Waals surface area (Å²) < 4.78 is 14.9. The molecule has 1 aliphatic rings. The summed E-state index contributed by atoms with van der Waals surface area (Å²) in [7, 11) is 0. The number of pyridine rings is 1. The lowest BCUT2D eigenvalue weighted by molar-refractivity contribution is -0.136. The second-order valence-electron chi connectivity index (χ2n) is 4.38. The molecule has 8 heteroatoms. The molecule has 1 atom stereocenters. The molecule has 20 heavy (non-hydrogen) atoms. The van der Waals surface area contributed by atoms with Crippen molar-refractivity contribution in [1.29, 1.82) is 0 Å². The number of carbonyl (C=O) groups excluding carboxylic acids is 2. The van der Waals surface area contributed by atoms with Gasteiger partial charge in [-0.1, -0.05) is 5.21 Å². The first-order valence-electron chi connectivity index (χ1n) is 6.01. The Morgan fingerprint density at radius 2 is 2.25 bits per heavy atom. The number of amides is 2. The van der Waals surface area contributed by atoms with Crippen LogP contribution >= 0.6 is 0 Å². The number of rotatable bonds is 2. The predicted octanol–water partition coefficient (Wildman–Crippen LogP) is 0.457. The van der Waals surface area contributed by atoms with Gasteiger partial charge in [0, 0.05) is 12.6 Å². The number of piperidine rings is 1.